The summed E-state index contributed by atoms with van der Waals surface area (Å²) in [6.45, 7) is 3.22. The molecule has 1 unspecified atom stereocenters. The van der Waals surface area contributed by atoms with Crippen LogP contribution in [0.3, 0.4) is 0 Å². The summed E-state index contributed by atoms with van der Waals surface area (Å²) < 4.78 is 5.44. The summed E-state index contributed by atoms with van der Waals surface area (Å²) in [6, 6.07) is 13.4. The van der Waals surface area contributed by atoms with Gasteiger partial charge in [0, 0.05) is 18.5 Å². The van der Waals surface area contributed by atoms with Crippen LogP contribution in [0, 0.1) is 12.8 Å². The van der Waals surface area contributed by atoms with E-state index >= 15 is 0 Å². The minimum Gasteiger partial charge on any atom is -0.495 e. The van der Waals surface area contributed by atoms with E-state index in [-0.39, 0.29) is 11.8 Å². The molecule has 4 rings (SSSR count). The van der Waals surface area contributed by atoms with Gasteiger partial charge in [0.05, 0.1) is 12.6 Å². The number of para-hydroxylation sites is 1. The van der Waals surface area contributed by atoms with Crippen molar-refractivity contribution >= 4 is 22.7 Å². The Hall–Kier alpha value is -3.32. The first-order chi connectivity index (χ1) is 16.9. The summed E-state index contributed by atoms with van der Waals surface area (Å²) in [5.74, 6) is 0.933. The number of fused-ring (bicyclic) bond motifs is 1. The summed E-state index contributed by atoms with van der Waals surface area (Å²) in [5, 5.41) is 6.96. The molecular formula is C28H36N4O3. The van der Waals surface area contributed by atoms with Crippen LogP contribution >= 0.6 is 0 Å². The van der Waals surface area contributed by atoms with Gasteiger partial charge in [-0.2, -0.15) is 0 Å². The molecule has 1 atom stereocenters. The molecule has 1 heterocycles. The van der Waals surface area contributed by atoms with Crippen molar-refractivity contribution in [1.29, 1.82) is 0 Å². The Labute approximate surface area is 207 Å². The zero-order valence-electron chi connectivity index (χ0n) is 21.1. The van der Waals surface area contributed by atoms with Gasteiger partial charge in [-0.1, -0.05) is 49.2 Å². The number of carbonyl (C=O) groups is 2. The van der Waals surface area contributed by atoms with E-state index in [0.717, 1.165) is 35.0 Å². The monoisotopic (exact) mass is 476 g/mol. The fourth-order valence-corrected chi connectivity index (χ4v) is 4.47. The highest BCUT2D eigenvalue weighted by molar-refractivity contribution is 6.03. The molecule has 0 spiro atoms. The topological polar surface area (TPSA) is 86.5 Å². The van der Waals surface area contributed by atoms with Gasteiger partial charge in [0.1, 0.15) is 17.5 Å². The number of aryl methyl sites for hydroxylation is 1. The fourth-order valence-electron chi connectivity index (χ4n) is 4.47. The number of H-pyrrole nitrogens is 1. The summed E-state index contributed by atoms with van der Waals surface area (Å²) in [4.78, 5) is 31.7. The summed E-state index contributed by atoms with van der Waals surface area (Å²) >= 11 is 0. The lowest BCUT2D eigenvalue weighted by molar-refractivity contribution is -0.123. The number of carbonyl (C=O) groups excluding carboxylic acids is 2. The van der Waals surface area contributed by atoms with E-state index in [0.29, 0.717) is 30.3 Å². The minimum atomic E-state index is -0.580. The van der Waals surface area contributed by atoms with Gasteiger partial charge in [-0.05, 0) is 62.5 Å². The van der Waals surface area contributed by atoms with Crippen molar-refractivity contribution in [3.05, 3.63) is 64.8 Å². The summed E-state index contributed by atoms with van der Waals surface area (Å²) in [6.07, 6.45) is 3.99. The Morgan fingerprint density at radius 1 is 1.11 bits per heavy atom. The third kappa shape index (κ3) is 6.22. The number of aromatic amines is 1. The molecule has 35 heavy (non-hydrogen) atoms. The first kappa shape index (κ1) is 24.8. The molecule has 1 aliphatic rings. The molecule has 7 heteroatoms. The second kappa shape index (κ2) is 11.0. The van der Waals surface area contributed by atoms with E-state index in [1.165, 1.54) is 18.4 Å². The minimum absolute atomic E-state index is 0.150. The number of nitrogens with one attached hydrogen (secondary N) is 3. The molecule has 1 fully saturated rings. The van der Waals surface area contributed by atoms with Crippen molar-refractivity contribution < 1.29 is 14.3 Å². The average Bonchev–Trinajstić information content (AvgIpc) is 3.61. The molecule has 1 aliphatic carbocycles. The third-order valence-electron chi connectivity index (χ3n) is 6.67. The zero-order chi connectivity index (χ0) is 24.9. The molecule has 3 N–H and O–H groups in total. The molecule has 0 bridgehead atoms. The molecular weight excluding hydrogens is 440 g/mol. The maximum atomic E-state index is 13.2. The number of hydrogen-bond donors (Lipinski definition) is 3. The Bertz CT molecular complexity index is 1180. The summed E-state index contributed by atoms with van der Waals surface area (Å²) in [5.41, 5.74) is 4.35. The highest BCUT2D eigenvalue weighted by atomic mass is 16.5. The number of aromatic nitrogens is 1. The quantitative estimate of drug-likeness (QED) is 0.388. The molecule has 186 valence electrons. The molecule has 7 nitrogen and oxygen atoms in total. The van der Waals surface area contributed by atoms with Crippen LogP contribution in [0.5, 0.6) is 5.75 Å². The van der Waals surface area contributed by atoms with Crippen LogP contribution in [0.25, 0.3) is 10.9 Å². The Morgan fingerprint density at radius 2 is 1.83 bits per heavy atom. The van der Waals surface area contributed by atoms with Gasteiger partial charge in [0.15, 0.2) is 0 Å². The molecule has 1 saturated carbocycles. The summed E-state index contributed by atoms with van der Waals surface area (Å²) in [7, 11) is 5.69. The van der Waals surface area contributed by atoms with Gasteiger partial charge in [-0.3, -0.25) is 9.59 Å². The van der Waals surface area contributed by atoms with Gasteiger partial charge < -0.3 is 25.3 Å². The van der Waals surface area contributed by atoms with Crippen LogP contribution in [0.4, 0.5) is 0 Å². The van der Waals surface area contributed by atoms with Crippen LogP contribution in [0.1, 0.15) is 52.9 Å². The molecule has 2 amide bonds. The number of ether oxygens (including phenoxy) is 1. The van der Waals surface area contributed by atoms with E-state index in [1.807, 2.05) is 51.4 Å². The average molecular weight is 477 g/mol. The maximum absolute atomic E-state index is 13.2. The van der Waals surface area contributed by atoms with E-state index in [9.17, 15) is 9.59 Å². The first-order valence-corrected chi connectivity index (χ1v) is 12.3. The van der Waals surface area contributed by atoms with Crippen molar-refractivity contribution in [3.8, 4) is 5.75 Å². The fraction of sp³-hybridized carbons (Fsp3) is 0.429. The van der Waals surface area contributed by atoms with Crippen LogP contribution in [0.15, 0.2) is 42.5 Å². The van der Waals surface area contributed by atoms with Crippen molar-refractivity contribution in [3.63, 3.8) is 0 Å². The SMILES string of the molecule is COc1cccc2c(C)c(C(=O)NC(CCC3CC3)C(=O)NCc3ccc(CN(C)C)cc3)[nH]c12. The van der Waals surface area contributed by atoms with Gasteiger partial charge >= 0.3 is 0 Å². The normalized spacial score (nSPS) is 14.2. The second-order valence-electron chi connectivity index (χ2n) is 9.83. The van der Waals surface area contributed by atoms with Crippen LogP contribution in [-0.4, -0.2) is 48.9 Å². The lowest BCUT2D eigenvalue weighted by Crippen LogP contribution is -2.46. The predicted molar refractivity (Wildman–Crippen MR) is 138 cm³/mol. The predicted octanol–water partition coefficient (Wildman–Crippen LogP) is 4.15. The van der Waals surface area contributed by atoms with E-state index < -0.39 is 6.04 Å². The molecule has 0 aliphatic heterocycles. The van der Waals surface area contributed by atoms with Crippen molar-refractivity contribution in [2.75, 3.05) is 21.2 Å². The highest BCUT2D eigenvalue weighted by Crippen LogP contribution is 2.34. The molecule has 0 saturated heterocycles. The Morgan fingerprint density at radius 3 is 2.49 bits per heavy atom. The number of benzene rings is 2. The zero-order valence-corrected chi connectivity index (χ0v) is 21.1. The highest BCUT2D eigenvalue weighted by Gasteiger charge is 2.28. The standard InChI is InChI=1S/C28H36N4O3/c1-18-22-6-5-7-24(35-4)26(22)31-25(18)28(34)30-23(15-14-19-8-9-19)27(33)29-16-20-10-12-21(13-11-20)17-32(2)3/h5-7,10-13,19,23,31H,8-9,14-17H2,1-4H3,(H,29,33)(H,30,34). The van der Waals surface area contributed by atoms with Crippen LogP contribution < -0.4 is 15.4 Å². The molecule has 2 aromatic carbocycles. The van der Waals surface area contributed by atoms with Crippen molar-refractivity contribution in [2.24, 2.45) is 5.92 Å². The second-order valence-corrected chi connectivity index (χ2v) is 9.83. The molecule has 3 aromatic rings. The van der Waals surface area contributed by atoms with Crippen molar-refractivity contribution in [2.45, 2.75) is 51.7 Å². The van der Waals surface area contributed by atoms with Crippen LogP contribution in [0.2, 0.25) is 0 Å². The number of hydrogen-bond acceptors (Lipinski definition) is 4. The van der Waals surface area contributed by atoms with Crippen molar-refractivity contribution in [1.82, 2.24) is 20.5 Å². The lowest BCUT2D eigenvalue weighted by Gasteiger charge is -2.19. The Kier molecular flexibility index (Phi) is 7.76. The van der Waals surface area contributed by atoms with E-state index in [1.54, 1.807) is 7.11 Å². The number of nitrogens with zero attached hydrogens (tertiary/aromatic N) is 1. The van der Waals surface area contributed by atoms with E-state index in [2.05, 4.69) is 32.7 Å². The molecule has 0 radical (unpaired) electrons. The first-order valence-electron chi connectivity index (χ1n) is 12.3. The smallest absolute Gasteiger partial charge is 0.268 e. The largest absolute Gasteiger partial charge is 0.495 e. The number of amides is 2. The number of rotatable bonds is 11. The maximum Gasteiger partial charge on any atom is 0.268 e. The molecule has 1 aromatic heterocycles. The Balaban J connectivity index is 1.43. The van der Waals surface area contributed by atoms with Gasteiger partial charge in [-0.15, -0.1) is 0 Å². The third-order valence-corrected chi connectivity index (χ3v) is 6.67. The number of methoxy groups -OCH3 is 1. The lowest BCUT2D eigenvalue weighted by atomic mass is 10.1. The van der Waals surface area contributed by atoms with Crippen LogP contribution in [-0.2, 0) is 17.9 Å². The van der Waals surface area contributed by atoms with Gasteiger partial charge in [-0.25, -0.2) is 0 Å². The van der Waals surface area contributed by atoms with E-state index in [4.69, 9.17) is 4.74 Å². The van der Waals surface area contributed by atoms with Gasteiger partial charge in [0.25, 0.3) is 5.91 Å². The van der Waals surface area contributed by atoms with Gasteiger partial charge in [0.2, 0.25) is 5.91 Å².